The number of carbonyl (C=O) groups excluding carboxylic acids is 1. The molecule has 1 aliphatic heterocycles. The molecule has 1 aliphatic rings. The minimum Gasteiger partial charge on any atom is -0.472 e. The van der Waals surface area contributed by atoms with Crippen LogP contribution >= 0.6 is 11.3 Å². The zero-order chi connectivity index (χ0) is 14.7. The molecular weight excluding hydrogens is 290 g/mol. The Bertz CT molecular complexity index is 653. The largest absolute Gasteiger partial charge is 0.472 e. The topological polar surface area (TPSA) is 88.2 Å². The maximum absolute atomic E-state index is 12.2. The summed E-state index contributed by atoms with van der Waals surface area (Å²) in [4.78, 5) is 16.4. The standard InChI is InChI=1S/C14H13N3O3S/c15-5-11(9-1-3-19-6-9)16-13(18)12-8-21-14(17-12)10-2-4-20-7-10/h2,4,7-9,11H,1,3,6H2,(H,16,18). The van der Waals surface area contributed by atoms with Gasteiger partial charge in [-0.05, 0) is 12.5 Å². The number of carbonyl (C=O) groups is 1. The summed E-state index contributed by atoms with van der Waals surface area (Å²) in [5, 5.41) is 14.3. The number of hydrogen-bond donors (Lipinski definition) is 1. The molecule has 2 atom stereocenters. The van der Waals surface area contributed by atoms with Gasteiger partial charge in [0.15, 0.2) is 0 Å². The molecular formula is C14H13N3O3S. The van der Waals surface area contributed by atoms with Gasteiger partial charge in [-0.3, -0.25) is 4.79 Å². The zero-order valence-corrected chi connectivity index (χ0v) is 11.9. The van der Waals surface area contributed by atoms with Gasteiger partial charge in [0.2, 0.25) is 0 Å². The molecule has 1 saturated heterocycles. The fraction of sp³-hybridized carbons (Fsp3) is 0.357. The number of ether oxygens (including phenoxy) is 1. The van der Waals surface area contributed by atoms with Crippen LogP contribution in [0.2, 0.25) is 0 Å². The highest BCUT2D eigenvalue weighted by Crippen LogP contribution is 2.24. The highest BCUT2D eigenvalue weighted by Gasteiger charge is 2.27. The number of nitrogens with one attached hydrogen (secondary N) is 1. The first-order valence-electron chi connectivity index (χ1n) is 6.54. The predicted molar refractivity (Wildman–Crippen MR) is 75.6 cm³/mol. The normalized spacial score (nSPS) is 19.1. The molecule has 3 heterocycles. The molecule has 2 aromatic heterocycles. The second-order valence-electron chi connectivity index (χ2n) is 4.75. The van der Waals surface area contributed by atoms with Crippen molar-refractivity contribution >= 4 is 17.2 Å². The Morgan fingerprint density at radius 2 is 2.52 bits per heavy atom. The average molecular weight is 303 g/mol. The van der Waals surface area contributed by atoms with Crippen LogP contribution in [0.15, 0.2) is 28.4 Å². The third-order valence-electron chi connectivity index (χ3n) is 3.37. The van der Waals surface area contributed by atoms with E-state index in [2.05, 4.69) is 16.4 Å². The van der Waals surface area contributed by atoms with Gasteiger partial charge in [-0.25, -0.2) is 4.98 Å². The zero-order valence-electron chi connectivity index (χ0n) is 11.1. The van der Waals surface area contributed by atoms with Crippen molar-refractivity contribution in [2.75, 3.05) is 13.2 Å². The van der Waals surface area contributed by atoms with E-state index in [1.807, 2.05) is 0 Å². The molecule has 108 valence electrons. The van der Waals surface area contributed by atoms with Crippen molar-refractivity contribution in [2.45, 2.75) is 12.5 Å². The minimum atomic E-state index is -0.543. The molecule has 0 spiro atoms. The second kappa shape index (κ2) is 6.08. The third kappa shape index (κ3) is 2.96. The van der Waals surface area contributed by atoms with Crippen molar-refractivity contribution in [3.8, 4) is 16.6 Å². The SMILES string of the molecule is N#CC(NC(=O)c1csc(-c2ccoc2)n1)C1CCOC1. The van der Waals surface area contributed by atoms with E-state index >= 15 is 0 Å². The van der Waals surface area contributed by atoms with Crippen LogP contribution in [0.4, 0.5) is 0 Å². The lowest BCUT2D eigenvalue weighted by atomic mass is 10.0. The van der Waals surface area contributed by atoms with Crippen molar-refractivity contribution in [2.24, 2.45) is 5.92 Å². The lowest BCUT2D eigenvalue weighted by molar-refractivity contribution is 0.0927. The number of nitriles is 1. The lowest BCUT2D eigenvalue weighted by Gasteiger charge is -2.15. The van der Waals surface area contributed by atoms with Gasteiger partial charge in [0.1, 0.15) is 23.0 Å². The smallest absolute Gasteiger partial charge is 0.271 e. The highest BCUT2D eigenvalue weighted by molar-refractivity contribution is 7.13. The summed E-state index contributed by atoms with van der Waals surface area (Å²) in [5.74, 6) is -0.287. The van der Waals surface area contributed by atoms with E-state index in [1.165, 1.54) is 11.3 Å². The third-order valence-corrected chi connectivity index (χ3v) is 4.26. The summed E-state index contributed by atoms with van der Waals surface area (Å²) in [6.45, 7) is 1.15. The monoisotopic (exact) mass is 303 g/mol. The first kappa shape index (κ1) is 13.8. The maximum Gasteiger partial charge on any atom is 0.271 e. The molecule has 7 heteroatoms. The summed E-state index contributed by atoms with van der Waals surface area (Å²) in [7, 11) is 0. The Morgan fingerprint density at radius 1 is 1.62 bits per heavy atom. The molecule has 21 heavy (non-hydrogen) atoms. The Morgan fingerprint density at radius 3 is 3.19 bits per heavy atom. The van der Waals surface area contributed by atoms with Gasteiger partial charge in [0.05, 0.1) is 18.9 Å². The number of nitrogens with zero attached hydrogens (tertiary/aromatic N) is 2. The van der Waals surface area contributed by atoms with Gasteiger partial charge < -0.3 is 14.5 Å². The molecule has 0 aromatic carbocycles. The summed E-state index contributed by atoms with van der Waals surface area (Å²) >= 11 is 1.36. The molecule has 2 unspecified atom stereocenters. The fourth-order valence-corrected chi connectivity index (χ4v) is 2.97. The van der Waals surface area contributed by atoms with E-state index in [0.29, 0.717) is 23.9 Å². The summed E-state index contributed by atoms with van der Waals surface area (Å²) in [6.07, 6.45) is 3.92. The number of hydrogen-bond acceptors (Lipinski definition) is 6. The van der Waals surface area contributed by atoms with E-state index in [0.717, 1.165) is 12.0 Å². The summed E-state index contributed by atoms with van der Waals surface area (Å²) in [5.41, 5.74) is 1.15. The molecule has 1 N–H and O–H groups in total. The lowest BCUT2D eigenvalue weighted by Crippen LogP contribution is -2.39. The molecule has 0 bridgehead atoms. The van der Waals surface area contributed by atoms with Crippen LogP contribution < -0.4 is 5.32 Å². The molecule has 6 nitrogen and oxygen atoms in total. The van der Waals surface area contributed by atoms with E-state index in [9.17, 15) is 10.1 Å². The van der Waals surface area contributed by atoms with Crippen molar-refractivity contribution in [1.29, 1.82) is 5.26 Å². The maximum atomic E-state index is 12.2. The van der Waals surface area contributed by atoms with Gasteiger partial charge in [-0.15, -0.1) is 11.3 Å². The Hall–Kier alpha value is -2.17. The molecule has 0 aliphatic carbocycles. The van der Waals surface area contributed by atoms with Crippen LogP contribution in [0.3, 0.4) is 0 Å². The van der Waals surface area contributed by atoms with Gasteiger partial charge in [-0.2, -0.15) is 5.26 Å². The fourth-order valence-electron chi connectivity index (χ4n) is 2.18. The van der Waals surface area contributed by atoms with Crippen LogP contribution in [0, 0.1) is 17.2 Å². The number of rotatable bonds is 4. The first-order chi connectivity index (χ1) is 10.3. The van der Waals surface area contributed by atoms with E-state index in [4.69, 9.17) is 9.15 Å². The molecule has 1 amide bonds. The Balaban J connectivity index is 1.69. The quantitative estimate of drug-likeness (QED) is 0.934. The molecule has 0 radical (unpaired) electrons. The van der Waals surface area contributed by atoms with Crippen molar-refractivity contribution in [1.82, 2.24) is 10.3 Å². The predicted octanol–water partition coefficient (Wildman–Crippen LogP) is 2.06. The summed E-state index contributed by atoms with van der Waals surface area (Å²) in [6, 6.07) is 3.37. The Labute approximate surface area is 125 Å². The van der Waals surface area contributed by atoms with Gasteiger partial charge in [0, 0.05) is 23.5 Å². The molecule has 1 fully saturated rings. The van der Waals surface area contributed by atoms with Crippen LogP contribution in [0.25, 0.3) is 10.6 Å². The van der Waals surface area contributed by atoms with Crippen LogP contribution in [0.1, 0.15) is 16.9 Å². The average Bonchev–Trinajstić information content (AvgIpc) is 3.26. The van der Waals surface area contributed by atoms with Gasteiger partial charge in [0.25, 0.3) is 5.91 Å². The van der Waals surface area contributed by atoms with Crippen LogP contribution in [0.5, 0.6) is 0 Å². The van der Waals surface area contributed by atoms with Gasteiger partial charge in [-0.1, -0.05) is 0 Å². The molecule has 0 saturated carbocycles. The minimum absolute atomic E-state index is 0.0472. The number of amides is 1. The van der Waals surface area contributed by atoms with E-state index < -0.39 is 6.04 Å². The van der Waals surface area contributed by atoms with Crippen LogP contribution in [-0.2, 0) is 4.74 Å². The van der Waals surface area contributed by atoms with Crippen molar-refractivity contribution in [3.05, 3.63) is 29.7 Å². The second-order valence-corrected chi connectivity index (χ2v) is 5.61. The van der Waals surface area contributed by atoms with Crippen LogP contribution in [-0.4, -0.2) is 30.1 Å². The van der Waals surface area contributed by atoms with E-state index in [1.54, 1.807) is 24.0 Å². The van der Waals surface area contributed by atoms with Gasteiger partial charge >= 0.3 is 0 Å². The Kier molecular flexibility index (Phi) is 3.99. The highest BCUT2D eigenvalue weighted by atomic mass is 32.1. The number of furan rings is 1. The molecule has 3 rings (SSSR count). The molecule has 2 aromatic rings. The number of aromatic nitrogens is 1. The summed E-state index contributed by atoms with van der Waals surface area (Å²) < 4.78 is 10.3. The van der Waals surface area contributed by atoms with E-state index in [-0.39, 0.29) is 11.8 Å². The first-order valence-corrected chi connectivity index (χ1v) is 7.42. The van der Waals surface area contributed by atoms with Crippen molar-refractivity contribution < 1.29 is 13.9 Å². The van der Waals surface area contributed by atoms with Crippen molar-refractivity contribution in [3.63, 3.8) is 0 Å². The number of thiazole rings is 1.